The third-order valence-electron chi connectivity index (χ3n) is 4.48. The summed E-state index contributed by atoms with van der Waals surface area (Å²) >= 11 is 9.40. The van der Waals surface area contributed by atoms with Crippen molar-refractivity contribution in [3.63, 3.8) is 0 Å². The molecule has 2 aromatic heterocycles. The van der Waals surface area contributed by atoms with Crippen molar-refractivity contribution >= 4 is 61.6 Å². The first kappa shape index (κ1) is 20.0. The van der Waals surface area contributed by atoms with Gasteiger partial charge in [-0.2, -0.15) is 0 Å². The normalized spacial score (nSPS) is 11.7. The molecule has 4 nitrogen and oxygen atoms in total. The lowest BCUT2D eigenvalue weighted by molar-refractivity contribution is -0.894. The average molecular weight is 421 g/mol. The molecule has 1 N–H and O–H groups in total. The topological polar surface area (TPSA) is 37.6 Å². The third kappa shape index (κ3) is 4.96. The number of benzene rings is 1. The molecular weight excluding hydrogens is 398 g/mol. The Morgan fingerprint density at radius 2 is 2.07 bits per heavy atom. The number of likely N-dealkylation sites (N-methyl/N-ethyl adjacent to an activating group) is 1. The number of fused-ring (bicyclic) bond motifs is 1. The predicted octanol–water partition coefficient (Wildman–Crippen LogP) is 3.98. The van der Waals surface area contributed by atoms with E-state index in [0.717, 1.165) is 34.7 Å². The Bertz CT molecular complexity index is 917. The molecule has 7 heteroatoms. The van der Waals surface area contributed by atoms with Crippen LogP contribution < -0.4 is 9.80 Å². The van der Waals surface area contributed by atoms with Gasteiger partial charge < -0.3 is 4.90 Å². The van der Waals surface area contributed by atoms with Crippen molar-refractivity contribution in [2.45, 2.75) is 13.8 Å². The monoisotopic (exact) mass is 420 g/mol. The number of anilines is 1. The van der Waals surface area contributed by atoms with Crippen molar-refractivity contribution in [1.29, 1.82) is 0 Å². The van der Waals surface area contributed by atoms with E-state index in [-0.39, 0.29) is 5.91 Å². The van der Waals surface area contributed by atoms with Gasteiger partial charge in [-0.05, 0) is 43.5 Å². The average Bonchev–Trinajstić information content (AvgIpc) is 3.33. The number of hydrogen-bond donors (Lipinski definition) is 1. The summed E-state index contributed by atoms with van der Waals surface area (Å²) in [5.41, 5.74) is 0.759. The number of para-hydroxylation sites is 1. The number of halogens is 1. The van der Waals surface area contributed by atoms with Crippen LogP contribution in [0.25, 0.3) is 16.3 Å². The number of rotatable bonds is 8. The Hall–Kier alpha value is -1.73. The van der Waals surface area contributed by atoms with Gasteiger partial charge in [0.05, 0.1) is 35.9 Å². The van der Waals surface area contributed by atoms with Crippen molar-refractivity contribution in [2.75, 3.05) is 31.1 Å². The molecule has 2 heterocycles. The lowest BCUT2D eigenvalue weighted by atomic mass is 10.3. The van der Waals surface area contributed by atoms with Crippen LogP contribution in [0.4, 0.5) is 5.13 Å². The maximum absolute atomic E-state index is 13.0. The zero-order valence-electron chi connectivity index (χ0n) is 15.4. The minimum atomic E-state index is -0.0508. The molecular formula is C20H23ClN3OS2+. The minimum Gasteiger partial charge on any atom is -0.334 e. The van der Waals surface area contributed by atoms with Gasteiger partial charge in [-0.25, -0.2) is 4.98 Å². The summed E-state index contributed by atoms with van der Waals surface area (Å²) in [5, 5.41) is 3.32. The first-order valence-electron chi connectivity index (χ1n) is 9.04. The number of thiophene rings is 1. The van der Waals surface area contributed by atoms with E-state index in [1.165, 1.54) is 16.2 Å². The molecule has 0 saturated heterocycles. The van der Waals surface area contributed by atoms with Gasteiger partial charge >= 0.3 is 0 Å². The molecule has 0 atom stereocenters. The summed E-state index contributed by atoms with van der Waals surface area (Å²) in [6, 6.07) is 9.70. The van der Waals surface area contributed by atoms with Gasteiger partial charge in [0.1, 0.15) is 5.52 Å². The molecule has 0 spiro atoms. The summed E-state index contributed by atoms with van der Waals surface area (Å²) in [6.07, 6.45) is 3.50. The highest BCUT2D eigenvalue weighted by Crippen LogP contribution is 2.32. The quantitative estimate of drug-likeness (QED) is 0.559. The van der Waals surface area contributed by atoms with E-state index in [9.17, 15) is 4.79 Å². The summed E-state index contributed by atoms with van der Waals surface area (Å²) < 4.78 is 0.993. The van der Waals surface area contributed by atoms with Crippen molar-refractivity contribution in [2.24, 2.45) is 0 Å². The van der Waals surface area contributed by atoms with Crippen LogP contribution in [0.2, 0.25) is 5.02 Å². The van der Waals surface area contributed by atoms with Crippen molar-refractivity contribution < 1.29 is 9.69 Å². The number of quaternary nitrogens is 1. The number of amides is 1. The summed E-state index contributed by atoms with van der Waals surface area (Å²) in [5.74, 6) is -0.0508. The molecule has 0 aliphatic carbocycles. The molecule has 142 valence electrons. The fourth-order valence-corrected chi connectivity index (χ4v) is 4.74. The maximum Gasteiger partial charge on any atom is 0.253 e. The van der Waals surface area contributed by atoms with Crippen LogP contribution >= 0.6 is 34.3 Å². The van der Waals surface area contributed by atoms with E-state index in [0.29, 0.717) is 16.7 Å². The standard InChI is InChI=1S/C20H22ClN3OS2/c1-3-23(4-2)12-13-24(18(25)11-10-15-7-6-14-26-15)20-22-19-16(21)8-5-9-17(19)27-20/h5-11,14H,3-4,12-13H2,1-2H3/p+1/b11-10+. The molecule has 0 aliphatic rings. The van der Waals surface area contributed by atoms with Crippen LogP contribution in [0.15, 0.2) is 41.8 Å². The lowest BCUT2D eigenvalue weighted by Crippen LogP contribution is -3.12. The van der Waals surface area contributed by atoms with Gasteiger partial charge in [-0.15, -0.1) is 11.3 Å². The van der Waals surface area contributed by atoms with Crippen molar-refractivity contribution in [3.05, 3.63) is 51.7 Å². The van der Waals surface area contributed by atoms with Gasteiger partial charge in [-0.1, -0.05) is 35.1 Å². The van der Waals surface area contributed by atoms with Gasteiger partial charge in [0.2, 0.25) is 0 Å². The van der Waals surface area contributed by atoms with E-state index >= 15 is 0 Å². The van der Waals surface area contributed by atoms with E-state index in [2.05, 4.69) is 18.8 Å². The minimum absolute atomic E-state index is 0.0508. The molecule has 1 amide bonds. The SMILES string of the molecule is CC[NH+](CC)CCN(C(=O)/C=C/c1cccs1)c1nc2c(Cl)cccc2s1. The van der Waals surface area contributed by atoms with E-state index < -0.39 is 0 Å². The van der Waals surface area contributed by atoms with Crippen LogP contribution in [0, 0.1) is 0 Å². The van der Waals surface area contributed by atoms with Crippen molar-refractivity contribution in [1.82, 2.24) is 4.98 Å². The predicted molar refractivity (Wildman–Crippen MR) is 117 cm³/mol. The number of thiazole rings is 1. The molecule has 0 fully saturated rings. The number of aromatic nitrogens is 1. The second-order valence-corrected chi connectivity index (χ2v) is 8.52. The van der Waals surface area contributed by atoms with Gasteiger partial charge in [0.15, 0.2) is 5.13 Å². The van der Waals surface area contributed by atoms with Crippen molar-refractivity contribution in [3.8, 4) is 0 Å². The molecule has 3 rings (SSSR count). The maximum atomic E-state index is 13.0. The summed E-state index contributed by atoms with van der Waals surface area (Å²) in [7, 11) is 0. The third-order valence-corrected chi connectivity index (χ3v) is 6.66. The Morgan fingerprint density at radius 1 is 1.26 bits per heavy atom. The fraction of sp³-hybridized carbons (Fsp3) is 0.300. The van der Waals surface area contributed by atoms with Crippen LogP contribution in [0.1, 0.15) is 18.7 Å². The van der Waals surface area contributed by atoms with E-state index in [4.69, 9.17) is 11.6 Å². The smallest absolute Gasteiger partial charge is 0.253 e. The molecule has 3 aromatic rings. The van der Waals surface area contributed by atoms with E-state index in [1.807, 2.05) is 41.8 Å². The summed E-state index contributed by atoms with van der Waals surface area (Å²) in [4.78, 5) is 21.9. The van der Waals surface area contributed by atoms with Gasteiger partial charge in [0, 0.05) is 11.0 Å². The second-order valence-electron chi connectivity index (χ2n) is 6.13. The zero-order valence-corrected chi connectivity index (χ0v) is 17.8. The molecule has 0 saturated carbocycles. The van der Waals surface area contributed by atoms with Gasteiger partial charge in [-0.3, -0.25) is 9.69 Å². The number of hydrogen-bond acceptors (Lipinski definition) is 4. The Labute approximate surface area is 172 Å². The first-order chi connectivity index (χ1) is 13.1. The molecule has 0 aliphatic heterocycles. The highest BCUT2D eigenvalue weighted by atomic mass is 35.5. The first-order valence-corrected chi connectivity index (χ1v) is 11.1. The Balaban J connectivity index is 1.87. The molecule has 0 radical (unpaired) electrons. The zero-order chi connectivity index (χ0) is 19.2. The Kier molecular flexibility index (Phi) is 7.01. The fourth-order valence-electron chi connectivity index (χ4n) is 2.82. The van der Waals surface area contributed by atoms with Crippen LogP contribution in [-0.4, -0.2) is 37.1 Å². The molecule has 0 bridgehead atoms. The Morgan fingerprint density at radius 3 is 2.74 bits per heavy atom. The largest absolute Gasteiger partial charge is 0.334 e. The number of carbonyl (C=O) groups is 1. The highest BCUT2D eigenvalue weighted by Gasteiger charge is 2.20. The van der Waals surface area contributed by atoms with Crippen LogP contribution in [0.5, 0.6) is 0 Å². The van der Waals surface area contributed by atoms with Crippen LogP contribution in [0.3, 0.4) is 0 Å². The van der Waals surface area contributed by atoms with E-state index in [1.54, 1.807) is 22.3 Å². The highest BCUT2D eigenvalue weighted by molar-refractivity contribution is 7.22. The number of nitrogens with one attached hydrogen (secondary N) is 1. The molecule has 1 aromatic carbocycles. The lowest BCUT2D eigenvalue weighted by Gasteiger charge is -2.21. The summed E-state index contributed by atoms with van der Waals surface area (Å²) in [6.45, 7) is 7.92. The molecule has 27 heavy (non-hydrogen) atoms. The number of nitrogens with zero attached hydrogens (tertiary/aromatic N) is 2. The number of carbonyl (C=O) groups excluding carboxylic acids is 1. The van der Waals surface area contributed by atoms with Gasteiger partial charge in [0.25, 0.3) is 5.91 Å². The molecule has 0 unspecified atom stereocenters. The second kappa shape index (κ2) is 9.46. The van der Waals surface area contributed by atoms with Crippen LogP contribution in [-0.2, 0) is 4.79 Å².